The first-order valence-electron chi connectivity index (χ1n) is 8.86. The van der Waals surface area contributed by atoms with E-state index in [9.17, 15) is 0 Å². The first-order chi connectivity index (χ1) is 13.6. The maximum atomic E-state index is 5.75. The molecule has 4 aromatic rings. The maximum Gasteiger partial charge on any atom is 0.235 e. The Balaban J connectivity index is 1.47. The molecule has 0 spiro atoms. The summed E-state index contributed by atoms with van der Waals surface area (Å²) < 4.78 is 1.74. The molecule has 8 nitrogen and oxygen atoms in total. The predicted octanol–water partition coefficient (Wildman–Crippen LogP) is 2.27. The lowest BCUT2D eigenvalue weighted by Gasteiger charge is -2.11. The van der Waals surface area contributed by atoms with Gasteiger partial charge < -0.3 is 5.73 Å². The molecule has 0 saturated heterocycles. The van der Waals surface area contributed by atoms with Gasteiger partial charge in [0.05, 0.1) is 11.2 Å². The van der Waals surface area contributed by atoms with Crippen LogP contribution in [-0.2, 0) is 6.42 Å². The molecule has 0 fully saturated rings. The van der Waals surface area contributed by atoms with Crippen molar-refractivity contribution >= 4 is 39.1 Å². The fraction of sp³-hybridized carbons (Fsp3) is 0.211. The van der Waals surface area contributed by atoms with Gasteiger partial charge in [-0.05, 0) is 29.3 Å². The summed E-state index contributed by atoms with van der Waals surface area (Å²) in [6.45, 7) is 4.62. The molecule has 0 radical (unpaired) electrons. The third kappa shape index (κ3) is 2.89. The van der Waals surface area contributed by atoms with Gasteiger partial charge in [0, 0.05) is 43.7 Å². The quantitative estimate of drug-likeness (QED) is 0.574. The largest absolute Gasteiger partial charge is 0.397 e. The van der Waals surface area contributed by atoms with Gasteiger partial charge >= 0.3 is 0 Å². The number of nitrogens with zero attached hydrogens (tertiary/aromatic N) is 7. The van der Waals surface area contributed by atoms with Crippen molar-refractivity contribution in [3.05, 3.63) is 59.0 Å². The van der Waals surface area contributed by atoms with Gasteiger partial charge in [0.2, 0.25) is 4.96 Å². The molecule has 0 amide bonds. The van der Waals surface area contributed by atoms with Crippen molar-refractivity contribution in [2.24, 2.45) is 10.8 Å². The van der Waals surface area contributed by atoms with Gasteiger partial charge in [-0.25, -0.2) is 0 Å². The molecule has 0 saturated carbocycles. The van der Waals surface area contributed by atoms with Crippen molar-refractivity contribution in [3.8, 4) is 0 Å². The molecule has 0 aliphatic carbocycles. The van der Waals surface area contributed by atoms with Crippen LogP contribution in [0.2, 0.25) is 0 Å². The minimum Gasteiger partial charge on any atom is -0.397 e. The second-order valence-electron chi connectivity index (χ2n) is 6.93. The number of hydrogen-bond donors (Lipinski definition) is 1. The van der Waals surface area contributed by atoms with E-state index in [-0.39, 0.29) is 5.92 Å². The third-order valence-corrected chi connectivity index (χ3v) is 5.77. The molecule has 2 N–H and O–H groups in total. The van der Waals surface area contributed by atoms with Crippen molar-refractivity contribution in [2.75, 3.05) is 13.6 Å². The number of pyridine rings is 1. The summed E-state index contributed by atoms with van der Waals surface area (Å²) in [7, 11) is 1.98. The number of hydrogen-bond acceptors (Lipinski definition) is 8. The van der Waals surface area contributed by atoms with Gasteiger partial charge in [-0.3, -0.25) is 9.99 Å². The van der Waals surface area contributed by atoms with Gasteiger partial charge in [-0.2, -0.15) is 14.7 Å². The standard InChI is InChI=1S/C19H18N8S/c1-11(20)18-25-27-17(23-24-19(27)28-18)6-12-3-4-16-13(5-12)7-14(8-21-16)15-9-22-26(2)10-15/h3-5,7-9,15H,1,6,10,20H2,2H3. The molecule has 28 heavy (non-hydrogen) atoms. The van der Waals surface area contributed by atoms with Crippen LogP contribution in [0.1, 0.15) is 27.9 Å². The van der Waals surface area contributed by atoms with E-state index in [1.54, 1.807) is 4.52 Å². The van der Waals surface area contributed by atoms with Crippen molar-refractivity contribution in [2.45, 2.75) is 12.3 Å². The molecular formula is C19H18N8S. The topological polar surface area (TPSA) is 97.6 Å². The Labute approximate surface area is 165 Å². The van der Waals surface area contributed by atoms with Crippen LogP contribution in [0.3, 0.4) is 0 Å². The van der Waals surface area contributed by atoms with E-state index in [2.05, 4.69) is 50.2 Å². The van der Waals surface area contributed by atoms with Gasteiger partial charge in [0.1, 0.15) is 0 Å². The summed E-state index contributed by atoms with van der Waals surface area (Å²) in [4.78, 5) is 5.33. The van der Waals surface area contributed by atoms with E-state index in [1.165, 1.54) is 16.9 Å². The van der Waals surface area contributed by atoms with Gasteiger partial charge in [-0.1, -0.05) is 24.0 Å². The van der Waals surface area contributed by atoms with E-state index >= 15 is 0 Å². The lowest BCUT2D eigenvalue weighted by Crippen LogP contribution is -2.12. The molecule has 3 aromatic heterocycles. The molecule has 1 atom stereocenters. The summed E-state index contributed by atoms with van der Waals surface area (Å²) in [5.41, 5.74) is 9.45. The Hall–Kier alpha value is -3.33. The normalized spacial score (nSPS) is 16.5. The number of fused-ring (bicyclic) bond motifs is 2. The molecule has 0 bridgehead atoms. The van der Waals surface area contributed by atoms with E-state index in [1.807, 2.05) is 30.5 Å². The molecule has 9 heteroatoms. The smallest absolute Gasteiger partial charge is 0.235 e. The average molecular weight is 390 g/mol. The van der Waals surface area contributed by atoms with E-state index in [4.69, 9.17) is 5.73 Å². The van der Waals surface area contributed by atoms with E-state index < -0.39 is 0 Å². The third-order valence-electron chi connectivity index (χ3n) is 4.79. The van der Waals surface area contributed by atoms with Crippen LogP contribution in [0.25, 0.3) is 21.6 Å². The van der Waals surface area contributed by atoms with Crippen molar-refractivity contribution < 1.29 is 0 Å². The second-order valence-corrected chi connectivity index (χ2v) is 7.88. The van der Waals surface area contributed by atoms with Crippen LogP contribution in [0.5, 0.6) is 0 Å². The van der Waals surface area contributed by atoms with Gasteiger partial charge in [0.25, 0.3) is 0 Å². The van der Waals surface area contributed by atoms with Crippen molar-refractivity contribution in [3.63, 3.8) is 0 Å². The minimum atomic E-state index is 0.277. The molecule has 1 aliphatic rings. The fourth-order valence-electron chi connectivity index (χ4n) is 3.36. The number of likely N-dealkylation sites (N-methyl/N-ethyl adjacent to an activating group) is 1. The number of rotatable bonds is 4. The predicted molar refractivity (Wildman–Crippen MR) is 110 cm³/mol. The average Bonchev–Trinajstić information content (AvgIpc) is 3.38. The van der Waals surface area contributed by atoms with Crippen molar-refractivity contribution in [1.29, 1.82) is 0 Å². The number of benzene rings is 1. The number of nitrogens with two attached hydrogens (primary N) is 1. The highest BCUT2D eigenvalue weighted by atomic mass is 32.1. The van der Waals surface area contributed by atoms with Gasteiger partial charge in [-0.15, -0.1) is 10.2 Å². The monoisotopic (exact) mass is 390 g/mol. The van der Waals surface area contributed by atoms with Crippen LogP contribution in [0.15, 0.2) is 42.1 Å². The molecule has 140 valence electrons. The highest BCUT2D eigenvalue weighted by Crippen LogP contribution is 2.24. The van der Waals surface area contributed by atoms with Gasteiger partial charge in [0.15, 0.2) is 10.8 Å². The van der Waals surface area contributed by atoms with Crippen LogP contribution >= 0.6 is 11.3 Å². The van der Waals surface area contributed by atoms with Crippen molar-refractivity contribution in [1.82, 2.24) is 29.8 Å². The Morgan fingerprint density at radius 1 is 1.32 bits per heavy atom. The lowest BCUT2D eigenvalue weighted by molar-refractivity contribution is 0.381. The zero-order valence-electron chi connectivity index (χ0n) is 15.3. The fourth-order valence-corrected chi connectivity index (χ4v) is 4.10. The SMILES string of the molecule is C=C(N)c1nn2c(Cc3ccc4ncc(C5C=NN(C)C5)cc4c3)nnc2s1. The van der Waals surface area contributed by atoms with Crippen LogP contribution in [0, 0.1) is 0 Å². The Morgan fingerprint density at radius 2 is 2.21 bits per heavy atom. The Bertz CT molecular complexity index is 1240. The minimum absolute atomic E-state index is 0.277. The van der Waals surface area contributed by atoms with E-state index in [0.29, 0.717) is 22.1 Å². The molecule has 1 aromatic carbocycles. The molecule has 4 heterocycles. The number of hydrazone groups is 1. The molecule has 5 rings (SSSR count). The summed E-state index contributed by atoms with van der Waals surface area (Å²) >= 11 is 1.38. The van der Waals surface area contributed by atoms with E-state index in [0.717, 1.165) is 28.8 Å². The van der Waals surface area contributed by atoms with Crippen LogP contribution in [-0.4, -0.2) is 49.6 Å². The highest BCUT2D eigenvalue weighted by Gasteiger charge is 2.18. The maximum absolute atomic E-state index is 5.75. The summed E-state index contributed by atoms with van der Waals surface area (Å²) in [6, 6.07) is 8.45. The molecule has 1 unspecified atom stereocenters. The Morgan fingerprint density at radius 3 is 3.00 bits per heavy atom. The summed E-state index contributed by atoms with van der Waals surface area (Å²) in [5.74, 6) is 1.05. The second kappa shape index (κ2) is 6.38. The van der Waals surface area contributed by atoms with Crippen LogP contribution in [0.4, 0.5) is 0 Å². The molecule has 1 aliphatic heterocycles. The summed E-state index contributed by atoms with van der Waals surface area (Å²) in [6.07, 6.45) is 4.54. The zero-order valence-corrected chi connectivity index (χ0v) is 16.1. The number of aromatic nitrogens is 5. The highest BCUT2D eigenvalue weighted by molar-refractivity contribution is 7.17. The Kier molecular flexibility index (Phi) is 3.83. The first-order valence-corrected chi connectivity index (χ1v) is 9.68. The lowest BCUT2D eigenvalue weighted by atomic mass is 10.00. The van der Waals surface area contributed by atoms with Crippen LogP contribution < -0.4 is 5.73 Å². The first kappa shape index (κ1) is 16.8. The summed E-state index contributed by atoms with van der Waals surface area (Å²) in [5, 5.41) is 21.0. The zero-order chi connectivity index (χ0) is 19.3. The molecular weight excluding hydrogens is 372 g/mol.